The minimum absolute atomic E-state index is 0.964. The maximum Gasteiger partial charge on any atom is 0.0629 e. The van der Waals surface area contributed by atoms with E-state index in [4.69, 9.17) is 0 Å². The highest BCUT2D eigenvalue weighted by Gasteiger charge is 2.01. The molecular weight excluding hydrogens is 208 g/mol. The van der Waals surface area contributed by atoms with Crippen LogP contribution in [0.5, 0.6) is 0 Å². The Morgan fingerprint density at radius 3 is 2.76 bits per heavy atom. The molecule has 1 heterocycles. The Kier molecular flexibility index (Phi) is 3.92. The van der Waals surface area contributed by atoms with Gasteiger partial charge in [-0.25, -0.2) is 0 Å². The van der Waals surface area contributed by atoms with Crippen molar-refractivity contribution in [2.75, 3.05) is 6.54 Å². The van der Waals surface area contributed by atoms with E-state index in [2.05, 4.69) is 29.1 Å². The Labute approximate surface area is 102 Å². The highest BCUT2D eigenvalue weighted by Crippen LogP contribution is 2.12. The van der Waals surface area contributed by atoms with E-state index in [-0.39, 0.29) is 0 Å². The van der Waals surface area contributed by atoms with Crippen LogP contribution >= 0.6 is 0 Å². The molecule has 2 heteroatoms. The van der Waals surface area contributed by atoms with Crippen LogP contribution in [0.15, 0.2) is 71.5 Å². The van der Waals surface area contributed by atoms with Gasteiger partial charge in [0.25, 0.3) is 0 Å². The van der Waals surface area contributed by atoms with Crippen molar-refractivity contribution < 1.29 is 0 Å². The number of nitrogens with zero attached hydrogens (tertiary/aromatic N) is 2. The summed E-state index contributed by atoms with van der Waals surface area (Å²) in [6, 6.07) is 9.94. The molecule has 1 aliphatic rings. The Balaban J connectivity index is 2.08. The van der Waals surface area contributed by atoms with Crippen molar-refractivity contribution in [1.29, 1.82) is 0 Å². The summed E-state index contributed by atoms with van der Waals surface area (Å²) in [4.78, 5) is 6.56. The van der Waals surface area contributed by atoms with E-state index < -0.39 is 0 Å². The number of aliphatic imine (C=N–C) groups is 1. The van der Waals surface area contributed by atoms with Gasteiger partial charge in [-0.1, -0.05) is 24.3 Å². The van der Waals surface area contributed by atoms with Gasteiger partial charge in [0.2, 0.25) is 0 Å². The van der Waals surface area contributed by atoms with E-state index in [9.17, 15) is 0 Å². The maximum atomic E-state index is 4.38. The lowest BCUT2D eigenvalue weighted by molar-refractivity contribution is 0.504. The predicted octanol–water partition coefficient (Wildman–Crippen LogP) is 3.68. The molecule has 17 heavy (non-hydrogen) atoms. The first kappa shape index (κ1) is 11.4. The van der Waals surface area contributed by atoms with Crippen LogP contribution < -0.4 is 0 Å². The number of hydrogen-bond acceptors (Lipinski definition) is 2. The zero-order chi connectivity index (χ0) is 11.9. The maximum absolute atomic E-state index is 4.38. The second kappa shape index (κ2) is 5.85. The van der Waals surface area contributed by atoms with Crippen LogP contribution in [0.1, 0.15) is 6.92 Å². The third-order valence-electron chi connectivity index (χ3n) is 2.54. The normalized spacial score (nSPS) is 17.2. The van der Waals surface area contributed by atoms with E-state index in [1.807, 2.05) is 54.8 Å². The van der Waals surface area contributed by atoms with Gasteiger partial charge in [0, 0.05) is 24.7 Å². The van der Waals surface area contributed by atoms with Gasteiger partial charge in [-0.3, -0.25) is 4.99 Å². The van der Waals surface area contributed by atoms with Crippen LogP contribution in [-0.2, 0) is 0 Å². The molecule has 0 bridgehead atoms. The van der Waals surface area contributed by atoms with E-state index in [1.54, 1.807) is 0 Å². The van der Waals surface area contributed by atoms with Crippen molar-refractivity contribution in [3.63, 3.8) is 0 Å². The molecule has 0 saturated carbocycles. The quantitative estimate of drug-likeness (QED) is 0.715. The van der Waals surface area contributed by atoms with Crippen LogP contribution in [0.2, 0.25) is 0 Å². The number of benzene rings is 1. The fraction of sp³-hybridized carbons (Fsp3) is 0.133. The molecule has 0 aliphatic carbocycles. The molecule has 0 N–H and O–H groups in total. The van der Waals surface area contributed by atoms with Crippen molar-refractivity contribution in [1.82, 2.24) is 4.90 Å². The molecule has 0 atom stereocenters. The predicted molar refractivity (Wildman–Crippen MR) is 73.3 cm³/mol. The van der Waals surface area contributed by atoms with Crippen LogP contribution in [-0.4, -0.2) is 17.7 Å². The molecule has 1 aromatic rings. The highest BCUT2D eigenvalue weighted by molar-refractivity contribution is 5.76. The molecule has 1 aliphatic heterocycles. The van der Waals surface area contributed by atoms with Gasteiger partial charge in [-0.15, -0.1) is 0 Å². The summed E-state index contributed by atoms with van der Waals surface area (Å²) in [6.07, 6.45) is 12.1. The standard InChI is InChI=1S/C15H16N2/c1-2-17-13-7-6-10-15(17)11-12-16-14-8-4-3-5-9-14/h3-13H,2H2,1H3/b15-11-,16-12?. The lowest BCUT2D eigenvalue weighted by atomic mass is 10.2. The summed E-state index contributed by atoms with van der Waals surface area (Å²) in [5, 5.41) is 0. The number of rotatable bonds is 3. The molecule has 0 saturated heterocycles. The van der Waals surface area contributed by atoms with E-state index in [0.717, 1.165) is 17.9 Å². The zero-order valence-corrected chi connectivity index (χ0v) is 9.95. The van der Waals surface area contributed by atoms with Crippen molar-refractivity contribution in [2.24, 2.45) is 4.99 Å². The van der Waals surface area contributed by atoms with E-state index >= 15 is 0 Å². The SMILES string of the molecule is CCN1C=CC=C/C1=C/C=Nc1ccccc1. The average molecular weight is 224 g/mol. The largest absolute Gasteiger partial charge is 0.348 e. The molecule has 0 fully saturated rings. The zero-order valence-electron chi connectivity index (χ0n) is 9.95. The van der Waals surface area contributed by atoms with Crippen molar-refractivity contribution in [3.05, 3.63) is 66.5 Å². The van der Waals surface area contributed by atoms with Crippen LogP contribution in [0.4, 0.5) is 5.69 Å². The fourth-order valence-electron chi connectivity index (χ4n) is 1.64. The Morgan fingerprint density at radius 1 is 1.18 bits per heavy atom. The minimum Gasteiger partial charge on any atom is -0.348 e. The smallest absolute Gasteiger partial charge is 0.0629 e. The lowest BCUT2D eigenvalue weighted by Gasteiger charge is -2.21. The second-order valence-electron chi connectivity index (χ2n) is 3.69. The van der Waals surface area contributed by atoms with Gasteiger partial charge >= 0.3 is 0 Å². The number of para-hydroxylation sites is 1. The van der Waals surface area contributed by atoms with Crippen LogP contribution in [0.25, 0.3) is 0 Å². The summed E-state index contributed by atoms with van der Waals surface area (Å²) in [5.41, 5.74) is 2.14. The van der Waals surface area contributed by atoms with Crippen LogP contribution in [0, 0.1) is 0 Å². The minimum atomic E-state index is 0.964. The van der Waals surface area contributed by atoms with Gasteiger partial charge in [-0.2, -0.15) is 0 Å². The lowest BCUT2D eigenvalue weighted by Crippen LogP contribution is -2.16. The molecular formula is C15H16N2. The molecule has 86 valence electrons. The molecule has 0 aromatic heterocycles. The Bertz CT molecular complexity index is 467. The van der Waals surface area contributed by atoms with Crippen molar-refractivity contribution in [3.8, 4) is 0 Å². The molecule has 0 unspecified atom stereocenters. The van der Waals surface area contributed by atoms with Gasteiger partial charge in [0.1, 0.15) is 0 Å². The second-order valence-corrected chi connectivity index (χ2v) is 3.69. The molecule has 0 amide bonds. The monoisotopic (exact) mass is 224 g/mol. The summed E-state index contributed by atoms with van der Waals surface area (Å²) < 4.78 is 0. The molecule has 2 nitrogen and oxygen atoms in total. The van der Waals surface area contributed by atoms with E-state index in [1.165, 1.54) is 0 Å². The summed E-state index contributed by atoms with van der Waals surface area (Å²) in [7, 11) is 0. The fourth-order valence-corrected chi connectivity index (χ4v) is 1.64. The van der Waals surface area contributed by atoms with Gasteiger partial charge in [0.05, 0.1) is 5.69 Å². The highest BCUT2D eigenvalue weighted by atomic mass is 15.1. The number of hydrogen-bond donors (Lipinski definition) is 0. The molecule has 1 aromatic carbocycles. The Morgan fingerprint density at radius 2 is 2.00 bits per heavy atom. The average Bonchev–Trinajstić information content (AvgIpc) is 2.40. The van der Waals surface area contributed by atoms with Crippen LogP contribution in [0.3, 0.4) is 0 Å². The molecule has 0 spiro atoms. The first-order chi connectivity index (χ1) is 8.40. The van der Waals surface area contributed by atoms with Gasteiger partial charge in [-0.05, 0) is 37.3 Å². The summed E-state index contributed by atoms with van der Waals surface area (Å²) in [6.45, 7) is 3.09. The number of likely N-dealkylation sites (N-methyl/N-ethyl adjacent to an activating group) is 1. The first-order valence-electron chi connectivity index (χ1n) is 5.81. The summed E-state index contributed by atoms with van der Waals surface area (Å²) in [5.74, 6) is 0. The van der Waals surface area contributed by atoms with Gasteiger partial charge in [0.15, 0.2) is 0 Å². The third-order valence-corrected chi connectivity index (χ3v) is 2.54. The van der Waals surface area contributed by atoms with E-state index in [0.29, 0.717) is 0 Å². The Hall–Kier alpha value is -2.09. The summed E-state index contributed by atoms with van der Waals surface area (Å²) >= 11 is 0. The number of allylic oxidation sites excluding steroid dienone is 4. The third kappa shape index (κ3) is 3.18. The topological polar surface area (TPSA) is 15.6 Å². The van der Waals surface area contributed by atoms with Gasteiger partial charge < -0.3 is 4.90 Å². The molecule has 0 radical (unpaired) electrons. The van der Waals surface area contributed by atoms with Crippen molar-refractivity contribution >= 4 is 11.9 Å². The molecule has 2 rings (SSSR count). The van der Waals surface area contributed by atoms with Crippen molar-refractivity contribution in [2.45, 2.75) is 6.92 Å². The first-order valence-corrected chi connectivity index (χ1v) is 5.81.